The van der Waals surface area contributed by atoms with Gasteiger partial charge in [0.25, 0.3) is 0 Å². The molecule has 2 heterocycles. The molecule has 90 valence electrons. The molecule has 17 heavy (non-hydrogen) atoms. The number of aromatic nitrogens is 2. The molecule has 0 amide bonds. The van der Waals surface area contributed by atoms with Gasteiger partial charge in [0.15, 0.2) is 0 Å². The van der Waals surface area contributed by atoms with Gasteiger partial charge in [0.2, 0.25) is 0 Å². The SMILES string of the molecule is Cn1nc(CC2CCCN2)c2cccc(F)c21. The molecule has 1 saturated heterocycles. The second-order valence-corrected chi connectivity index (χ2v) is 4.70. The smallest absolute Gasteiger partial charge is 0.149 e. The molecular weight excluding hydrogens is 217 g/mol. The second kappa shape index (κ2) is 4.11. The average Bonchev–Trinajstić information content (AvgIpc) is 2.90. The van der Waals surface area contributed by atoms with Crippen LogP contribution in [0, 0.1) is 5.82 Å². The first kappa shape index (κ1) is 10.7. The number of hydrogen-bond donors (Lipinski definition) is 1. The van der Waals surface area contributed by atoms with E-state index in [2.05, 4.69) is 10.4 Å². The summed E-state index contributed by atoms with van der Waals surface area (Å²) in [6.07, 6.45) is 3.30. The zero-order chi connectivity index (χ0) is 11.8. The number of nitrogens with one attached hydrogen (secondary N) is 1. The summed E-state index contributed by atoms with van der Waals surface area (Å²) in [4.78, 5) is 0. The predicted octanol–water partition coefficient (Wildman–Crippen LogP) is 2.01. The third kappa shape index (κ3) is 1.82. The molecule has 1 unspecified atom stereocenters. The highest BCUT2D eigenvalue weighted by Crippen LogP contribution is 2.23. The molecule has 1 aliphatic heterocycles. The summed E-state index contributed by atoms with van der Waals surface area (Å²) in [7, 11) is 1.80. The highest BCUT2D eigenvalue weighted by Gasteiger charge is 2.19. The van der Waals surface area contributed by atoms with Crippen LogP contribution in [0.4, 0.5) is 4.39 Å². The lowest BCUT2D eigenvalue weighted by molar-refractivity contribution is 0.588. The molecular formula is C13H16FN3. The van der Waals surface area contributed by atoms with Crippen LogP contribution in [-0.2, 0) is 13.5 Å². The van der Waals surface area contributed by atoms with Gasteiger partial charge in [-0.2, -0.15) is 5.10 Å². The van der Waals surface area contributed by atoms with Crippen LogP contribution in [0.5, 0.6) is 0 Å². The third-order valence-electron chi connectivity index (χ3n) is 3.49. The molecule has 0 spiro atoms. The molecule has 4 heteroatoms. The summed E-state index contributed by atoms with van der Waals surface area (Å²) in [5.74, 6) is -0.192. The minimum absolute atomic E-state index is 0.192. The summed E-state index contributed by atoms with van der Waals surface area (Å²) in [5.41, 5.74) is 1.61. The zero-order valence-corrected chi connectivity index (χ0v) is 9.91. The molecule has 3 rings (SSSR count). The molecule has 1 atom stereocenters. The Morgan fingerprint density at radius 2 is 2.41 bits per heavy atom. The Morgan fingerprint density at radius 3 is 3.18 bits per heavy atom. The van der Waals surface area contributed by atoms with Gasteiger partial charge in [0.1, 0.15) is 11.3 Å². The van der Waals surface area contributed by atoms with E-state index >= 15 is 0 Å². The van der Waals surface area contributed by atoms with Crippen molar-refractivity contribution in [1.29, 1.82) is 0 Å². The number of fused-ring (bicyclic) bond motifs is 1. The van der Waals surface area contributed by atoms with E-state index < -0.39 is 0 Å². The number of hydrogen-bond acceptors (Lipinski definition) is 2. The van der Waals surface area contributed by atoms with Crippen molar-refractivity contribution in [2.75, 3.05) is 6.54 Å². The van der Waals surface area contributed by atoms with Gasteiger partial charge in [-0.1, -0.05) is 12.1 Å². The van der Waals surface area contributed by atoms with Crippen molar-refractivity contribution in [1.82, 2.24) is 15.1 Å². The summed E-state index contributed by atoms with van der Waals surface area (Å²) >= 11 is 0. The molecule has 1 fully saturated rings. The van der Waals surface area contributed by atoms with Crippen LogP contribution >= 0.6 is 0 Å². The fourth-order valence-electron chi connectivity index (χ4n) is 2.68. The third-order valence-corrected chi connectivity index (χ3v) is 3.49. The van der Waals surface area contributed by atoms with Crippen LogP contribution in [0.2, 0.25) is 0 Å². The van der Waals surface area contributed by atoms with E-state index in [1.807, 2.05) is 6.07 Å². The number of rotatable bonds is 2. The molecule has 1 aromatic heterocycles. The first-order chi connectivity index (χ1) is 8.25. The van der Waals surface area contributed by atoms with Crippen molar-refractivity contribution in [2.24, 2.45) is 7.05 Å². The Balaban J connectivity index is 2.01. The Hall–Kier alpha value is -1.42. The normalized spacial score (nSPS) is 20.2. The van der Waals surface area contributed by atoms with Gasteiger partial charge in [0.05, 0.1) is 5.69 Å². The van der Waals surface area contributed by atoms with Crippen LogP contribution in [-0.4, -0.2) is 22.4 Å². The van der Waals surface area contributed by atoms with Gasteiger partial charge in [-0.05, 0) is 25.5 Å². The summed E-state index contributed by atoms with van der Waals surface area (Å²) in [5, 5.41) is 8.85. The monoisotopic (exact) mass is 233 g/mol. The molecule has 0 aliphatic carbocycles. The lowest BCUT2D eigenvalue weighted by Gasteiger charge is -2.07. The molecule has 0 bridgehead atoms. The Morgan fingerprint density at radius 1 is 1.53 bits per heavy atom. The van der Waals surface area contributed by atoms with Gasteiger partial charge in [0, 0.05) is 24.9 Å². The van der Waals surface area contributed by atoms with E-state index in [1.54, 1.807) is 17.8 Å². The molecule has 1 aliphatic rings. The molecule has 1 N–H and O–H groups in total. The molecule has 3 nitrogen and oxygen atoms in total. The topological polar surface area (TPSA) is 29.9 Å². The van der Waals surface area contributed by atoms with E-state index in [0.29, 0.717) is 11.6 Å². The standard InChI is InChI=1S/C13H16FN3/c1-17-13-10(5-2-6-11(13)14)12(16-17)8-9-4-3-7-15-9/h2,5-6,9,15H,3-4,7-8H2,1H3. The fourth-order valence-corrected chi connectivity index (χ4v) is 2.68. The number of aryl methyl sites for hydroxylation is 1. The van der Waals surface area contributed by atoms with Crippen LogP contribution in [0.25, 0.3) is 10.9 Å². The van der Waals surface area contributed by atoms with Crippen molar-refractivity contribution in [3.8, 4) is 0 Å². The summed E-state index contributed by atoms with van der Waals surface area (Å²) in [6, 6.07) is 5.69. The lowest BCUT2D eigenvalue weighted by Crippen LogP contribution is -2.23. The fraction of sp³-hybridized carbons (Fsp3) is 0.462. The molecule has 2 aromatic rings. The van der Waals surface area contributed by atoms with Crippen LogP contribution in [0.3, 0.4) is 0 Å². The highest BCUT2D eigenvalue weighted by molar-refractivity contribution is 5.82. The number of nitrogens with zero attached hydrogens (tertiary/aromatic N) is 2. The van der Waals surface area contributed by atoms with Crippen molar-refractivity contribution < 1.29 is 4.39 Å². The van der Waals surface area contributed by atoms with E-state index in [4.69, 9.17) is 0 Å². The van der Waals surface area contributed by atoms with Crippen molar-refractivity contribution in [2.45, 2.75) is 25.3 Å². The van der Waals surface area contributed by atoms with E-state index in [-0.39, 0.29) is 5.82 Å². The van der Waals surface area contributed by atoms with Gasteiger partial charge < -0.3 is 5.32 Å². The number of benzene rings is 1. The molecule has 1 aromatic carbocycles. The number of para-hydroxylation sites is 1. The summed E-state index contributed by atoms with van der Waals surface area (Å²) < 4.78 is 15.3. The maximum Gasteiger partial charge on any atom is 0.149 e. The Bertz CT molecular complexity index is 541. The van der Waals surface area contributed by atoms with E-state index in [0.717, 1.165) is 24.0 Å². The van der Waals surface area contributed by atoms with Crippen LogP contribution in [0.15, 0.2) is 18.2 Å². The number of halogens is 1. The Kier molecular flexibility index (Phi) is 2.59. The average molecular weight is 233 g/mol. The lowest BCUT2D eigenvalue weighted by atomic mass is 10.1. The zero-order valence-electron chi connectivity index (χ0n) is 9.91. The molecule has 0 radical (unpaired) electrons. The summed E-state index contributed by atoms with van der Waals surface area (Å²) in [6.45, 7) is 1.09. The second-order valence-electron chi connectivity index (χ2n) is 4.70. The maximum atomic E-state index is 13.7. The van der Waals surface area contributed by atoms with Gasteiger partial charge in [-0.25, -0.2) is 4.39 Å². The highest BCUT2D eigenvalue weighted by atomic mass is 19.1. The largest absolute Gasteiger partial charge is 0.314 e. The van der Waals surface area contributed by atoms with E-state index in [9.17, 15) is 4.39 Å². The van der Waals surface area contributed by atoms with Crippen LogP contribution in [0.1, 0.15) is 18.5 Å². The van der Waals surface area contributed by atoms with Crippen LogP contribution < -0.4 is 5.32 Å². The van der Waals surface area contributed by atoms with Crippen molar-refractivity contribution in [3.63, 3.8) is 0 Å². The Labute approximate surface area is 99.6 Å². The van der Waals surface area contributed by atoms with Gasteiger partial charge >= 0.3 is 0 Å². The minimum atomic E-state index is -0.192. The minimum Gasteiger partial charge on any atom is -0.314 e. The van der Waals surface area contributed by atoms with Gasteiger partial charge in [-0.15, -0.1) is 0 Å². The van der Waals surface area contributed by atoms with E-state index in [1.165, 1.54) is 18.9 Å². The first-order valence-electron chi connectivity index (χ1n) is 6.09. The van der Waals surface area contributed by atoms with Gasteiger partial charge in [-0.3, -0.25) is 4.68 Å². The quantitative estimate of drug-likeness (QED) is 0.860. The first-order valence-corrected chi connectivity index (χ1v) is 6.09. The van der Waals surface area contributed by atoms with Crippen molar-refractivity contribution >= 4 is 10.9 Å². The van der Waals surface area contributed by atoms with Crippen molar-refractivity contribution in [3.05, 3.63) is 29.7 Å². The molecule has 0 saturated carbocycles. The maximum absolute atomic E-state index is 13.7. The predicted molar refractivity (Wildman–Crippen MR) is 65.4 cm³/mol.